The Balaban J connectivity index is 2.46. The molecule has 0 aromatic heterocycles. The molecule has 1 saturated carbocycles. The number of hydrogen-bond acceptors (Lipinski definition) is 3. The number of rotatable bonds is 5. The quantitative estimate of drug-likeness (QED) is 0.763. The van der Waals surface area contributed by atoms with Crippen LogP contribution in [0.25, 0.3) is 0 Å². The fourth-order valence-corrected chi connectivity index (χ4v) is 2.60. The molecule has 0 radical (unpaired) electrons. The molecule has 0 aromatic carbocycles. The summed E-state index contributed by atoms with van der Waals surface area (Å²) < 4.78 is 5.09. The first-order chi connectivity index (χ1) is 8.08. The lowest BCUT2D eigenvalue weighted by Crippen LogP contribution is -2.45. The summed E-state index contributed by atoms with van der Waals surface area (Å²) in [5.41, 5.74) is 5.91. The average Bonchev–Trinajstić information content (AvgIpc) is 2.28. The Morgan fingerprint density at radius 2 is 2.24 bits per heavy atom. The molecule has 17 heavy (non-hydrogen) atoms. The van der Waals surface area contributed by atoms with Gasteiger partial charge in [-0.05, 0) is 31.6 Å². The highest BCUT2D eigenvalue weighted by molar-refractivity contribution is 5.79. The van der Waals surface area contributed by atoms with E-state index in [9.17, 15) is 4.79 Å². The van der Waals surface area contributed by atoms with Crippen LogP contribution >= 0.6 is 0 Å². The maximum Gasteiger partial charge on any atom is 0.223 e. The average molecular weight is 242 g/mol. The van der Waals surface area contributed by atoms with E-state index in [0.29, 0.717) is 12.5 Å². The smallest absolute Gasteiger partial charge is 0.223 e. The molecule has 4 nitrogen and oxygen atoms in total. The number of methoxy groups -OCH3 is 1. The van der Waals surface area contributed by atoms with Crippen LogP contribution in [0, 0.1) is 11.8 Å². The molecular weight excluding hydrogens is 216 g/mol. The van der Waals surface area contributed by atoms with Gasteiger partial charge in [0.25, 0.3) is 0 Å². The highest BCUT2D eigenvalue weighted by Crippen LogP contribution is 2.29. The van der Waals surface area contributed by atoms with Gasteiger partial charge >= 0.3 is 0 Å². The maximum atomic E-state index is 12.2. The van der Waals surface area contributed by atoms with Gasteiger partial charge < -0.3 is 15.8 Å². The number of nitrogens with one attached hydrogen (secondary N) is 1. The van der Waals surface area contributed by atoms with Crippen molar-refractivity contribution in [3.05, 3.63) is 0 Å². The van der Waals surface area contributed by atoms with Crippen molar-refractivity contribution in [3.8, 4) is 0 Å². The van der Waals surface area contributed by atoms with Crippen molar-refractivity contribution in [2.75, 3.05) is 13.7 Å². The normalized spacial score (nSPS) is 30.9. The van der Waals surface area contributed by atoms with E-state index in [1.54, 1.807) is 7.11 Å². The van der Waals surface area contributed by atoms with Gasteiger partial charge in [0.2, 0.25) is 5.91 Å². The summed E-state index contributed by atoms with van der Waals surface area (Å²) in [5, 5.41) is 3.08. The van der Waals surface area contributed by atoms with Crippen molar-refractivity contribution >= 4 is 5.91 Å². The lowest BCUT2D eigenvalue weighted by molar-refractivity contribution is -0.128. The maximum absolute atomic E-state index is 12.2. The summed E-state index contributed by atoms with van der Waals surface area (Å²) >= 11 is 0. The SMILES string of the molecule is CCC(COC)NC(=O)C1CCC(N)CC1C. The molecule has 0 heterocycles. The third-order valence-corrected chi connectivity index (χ3v) is 3.75. The van der Waals surface area contributed by atoms with E-state index in [1.807, 2.05) is 0 Å². The summed E-state index contributed by atoms with van der Waals surface area (Å²) in [5.74, 6) is 0.688. The first kappa shape index (κ1) is 14.5. The van der Waals surface area contributed by atoms with Gasteiger partial charge in [-0.15, -0.1) is 0 Å². The standard InChI is InChI=1S/C13H26N2O2/c1-4-11(8-17-3)15-13(16)12-6-5-10(14)7-9(12)2/h9-12H,4-8,14H2,1-3H3,(H,15,16). The Morgan fingerprint density at radius 1 is 1.53 bits per heavy atom. The van der Waals surface area contributed by atoms with Crippen LogP contribution in [0.3, 0.4) is 0 Å². The monoisotopic (exact) mass is 242 g/mol. The van der Waals surface area contributed by atoms with Gasteiger partial charge in [0, 0.05) is 19.1 Å². The van der Waals surface area contributed by atoms with Gasteiger partial charge in [-0.3, -0.25) is 4.79 Å². The van der Waals surface area contributed by atoms with E-state index in [0.717, 1.165) is 25.7 Å². The van der Waals surface area contributed by atoms with Crippen molar-refractivity contribution in [3.63, 3.8) is 0 Å². The summed E-state index contributed by atoms with van der Waals surface area (Å²) in [7, 11) is 1.66. The third kappa shape index (κ3) is 4.28. The molecule has 1 fully saturated rings. The van der Waals surface area contributed by atoms with Gasteiger partial charge in [-0.1, -0.05) is 13.8 Å². The predicted octanol–water partition coefficient (Wildman–Crippen LogP) is 1.29. The van der Waals surface area contributed by atoms with Crippen LogP contribution in [0.1, 0.15) is 39.5 Å². The largest absolute Gasteiger partial charge is 0.383 e. The molecule has 1 amide bonds. The molecule has 1 aliphatic carbocycles. The molecule has 0 aromatic rings. The third-order valence-electron chi connectivity index (χ3n) is 3.75. The van der Waals surface area contributed by atoms with Crippen molar-refractivity contribution in [1.29, 1.82) is 0 Å². The lowest BCUT2D eigenvalue weighted by Gasteiger charge is -2.32. The van der Waals surface area contributed by atoms with Crippen LogP contribution in [0.5, 0.6) is 0 Å². The minimum Gasteiger partial charge on any atom is -0.383 e. The number of hydrogen-bond donors (Lipinski definition) is 2. The first-order valence-electron chi connectivity index (χ1n) is 6.63. The highest BCUT2D eigenvalue weighted by Gasteiger charge is 2.31. The molecule has 1 rings (SSSR count). The van der Waals surface area contributed by atoms with Gasteiger partial charge in [-0.25, -0.2) is 0 Å². The molecule has 4 atom stereocenters. The topological polar surface area (TPSA) is 64.3 Å². The minimum atomic E-state index is 0.126. The zero-order valence-corrected chi connectivity index (χ0v) is 11.2. The molecule has 100 valence electrons. The number of carbonyl (C=O) groups is 1. The number of nitrogens with two attached hydrogens (primary N) is 1. The van der Waals surface area contributed by atoms with Crippen LogP contribution in [0.15, 0.2) is 0 Å². The zero-order valence-electron chi connectivity index (χ0n) is 11.2. The van der Waals surface area contributed by atoms with Crippen molar-refractivity contribution in [2.24, 2.45) is 17.6 Å². The van der Waals surface area contributed by atoms with Gasteiger partial charge in [0.05, 0.1) is 12.6 Å². The fourth-order valence-electron chi connectivity index (χ4n) is 2.60. The lowest BCUT2D eigenvalue weighted by atomic mass is 9.77. The second kappa shape index (κ2) is 6.97. The second-order valence-electron chi connectivity index (χ2n) is 5.23. The number of ether oxygens (including phenoxy) is 1. The van der Waals surface area contributed by atoms with Crippen LogP contribution in [0.4, 0.5) is 0 Å². The fraction of sp³-hybridized carbons (Fsp3) is 0.923. The zero-order chi connectivity index (χ0) is 12.8. The predicted molar refractivity (Wildman–Crippen MR) is 68.6 cm³/mol. The number of carbonyl (C=O) groups excluding carboxylic acids is 1. The van der Waals surface area contributed by atoms with Crippen molar-refractivity contribution in [2.45, 2.75) is 51.6 Å². The van der Waals surface area contributed by atoms with Gasteiger partial charge in [0.15, 0.2) is 0 Å². The molecule has 3 N–H and O–H groups in total. The van der Waals surface area contributed by atoms with Crippen molar-refractivity contribution in [1.82, 2.24) is 5.32 Å². The Hall–Kier alpha value is -0.610. The van der Waals surface area contributed by atoms with Crippen LogP contribution in [0.2, 0.25) is 0 Å². The molecular formula is C13H26N2O2. The van der Waals surface area contributed by atoms with Crippen molar-refractivity contribution < 1.29 is 9.53 Å². The van der Waals surface area contributed by atoms with Gasteiger partial charge in [0.1, 0.15) is 0 Å². The second-order valence-corrected chi connectivity index (χ2v) is 5.23. The molecule has 1 aliphatic rings. The van der Waals surface area contributed by atoms with Gasteiger partial charge in [-0.2, -0.15) is 0 Å². The Bertz CT molecular complexity index is 246. The Kier molecular flexibility index (Phi) is 5.92. The van der Waals surface area contributed by atoms with E-state index in [4.69, 9.17) is 10.5 Å². The van der Waals surface area contributed by atoms with Crippen LogP contribution < -0.4 is 11.1 Å². The Morgan fingerprint density at radius 3 is 2.76 bits per heavy atom. The van der Waals surface area contributed by atoms with E-state index in [2.05, 4.69) is 19.2 Å². The molecule has 0 spiro atoms. The summed E-state index contributed by atoms with van der Waals surface area (Å²) in [6.07, 6.45) is 3.74. The summed E-state index contributed by atoms with van der Waals surface area (Å²) in [4.78, 5) is 12.2. The highest BCUT2D eigenvalue weighted by atomic mass is 16.5. The van der Waals surface area contributed by atoms with Crippen LogP contribution in [-0.2, 0) is 9.53 Å². The number of amides is 1. The van der Waals surface area contributed by atoms with E-state index in [1.165, 1.54) is 0 Å². The summed E-state index contributed by atoms with van der Waals surface area (Å²) in [6, 6.07) is 0.408. The van der Waals surface area contributed by atoms with E-state index < -0.39 is 0 Å². The minimum absolute atomic E-state index is 0.126. The van der Waals surface area contributed by atoms with Crippen LogP contribution in [-0.4, -0.2) is 31.7 Å². The summed E-state index contributed by atoms with van der Waals surface area (Å²) in [6.45, 7) is 4.77. The molecule has 0 aliphatic heterocycles. The molecule has 0 saturated heterocycles. The molecule has 4 heteroatoms. The first-order valence-corrected chi connectivity index (χ1v) is 6.63. The molecule has 0 bridgehead atoms. The molecule has 4 unspecified atom stereocenters. The Labute approximate surface area is 104 Å². The van der Waals surface area contributed by atoms with E-state index in [-0.39, 0.29) is 23.9 Å². The van der Waals surface area contributed by atoms with E-state index >= 15 is 0 Å².